The van der Waals surface area contributed by atoms with E-state index >= 15 is 0 Å². The zero-order chi connectivity index (χ0) is 31.6. The summed E-state index contributed by atoms with van der Waals surface area (Å²) < 4.78 is 26.2. The summed E-state index contributed by atoms with van der Waals surface area (Å²) in [5.74, 6) is 0.586. The summed E-state index contributed by atoms with van der Waals surface area (Å²) in [6.07, 6.45) is 3.35. The molecule has 5 saturated carbocycles. The van der Waals surface area contributed by atoms with Crippen molar-refractivity contribution in [3.05, 3.63) is 0 Å². The quantitative estimate of drug-likeness (QED) is 0.337. The Morgan fingerprint density at radius 3 is 2.20 bits per heavy atom. The van der Waals surface area contributed by atoms with E-state index < -0.39 is 36.5 Å². The first-order valence-electron chi connectivity index (χ1n) is 17.8. The van der Waals surface area contributed by atoms with Gasteiger partial charge in [-0.05, 0) is 96.2 Å². The number of rotatable bonds is 2. The molecule has 3 heterocycles. The van der Waals surface area contributed by atoms with E-state index in [2.05, 4.69) is 55.4 Å². The van der Waals surface area contributed by atoms with Gasteiger partial charge in [-0.1, -0.05) is 55.4 Å². The van der Waals surface area contributed by atoms with E-state index in [9.17, 15) is 20.4 Å². The van der Waals surface area contributed by atoms with Crippen molar-refractivity contribution in [2.45, 2.75) is 162 Å². The van der Waals surface area contributed by atoms with Crippen LogP contribution in [-0.2, 0) is 18.9 Å². The molecule has 0 aromatic carbocycles. The van der Waals surface area contributed by atoms with E-state index in [1.807, 2.05) is 0 Å². The second kappa shape index (κ2) is 9.02. The lowest BCUT2D eigenvalue weighted by molar-refractivity contribution is -0.303. The van der Waals surface area contributed by atoms with Crippen LogP contribution in [0.5, 0.6) is 0 Å². The monoisotopic (exact) mass is 618 g/mol. The van der Waals surface area contributed by atoms with Crippen molar-refractivity contribution >= 4 is 0 Å². The lowest BCUT2D eigenvalue weighted by atomic mass is 9.41. The van der Waals surface area contributed by atoms with Crippen LogP contribution in [-0.4, -0.2) is 81.8 Å². The van der Waals surface area contributed by atoms with E-state index in [4.69, 9.17) is 18.9 Å². The largest absolute Gasteiger partial charge is 0.388 e. The van der Waals surface area contributed by atoms with Crippen LogP contribution < -0.4 is 0 Å². The molecule has 0 aromatic rings. The summed E-state index contributed by atoms with van der Waals surface area (Å²) in [4.78, 5) is 0. The maximum absolute atomic E-state index is 12.7. The first-order valence-corrected chi connectivity index (χ1v) is 17.8. The molecule has 8 heteroatoms. The predicted octanol–water partition coefficient (Wildman–Crippen LogP) is 4.40. The molecule has 0 aromatic heterocycles. The van der Waals surface area contributed by atoms with Gasteiger partial charge in [0.2, 0.25) is 0 Å². The third-order valence-corrected chi connectivity index (χ3v) is 16.0. The fourth-order valence-electron chi connectivity index (χ4n) is 14.1. The van der Waals surface area contributed by atoms with Gasteiger partial charge in [-0.2, -0.15) is 0 Å². The van der Waals surface area contributed by atoms with Gasteiger partial charge in [-0.25, -0.2) is 0 Å². The maximum atomic E-state index is 12.7. The standard InChI is InChI=1S/C36H58O8/c1-18-15-20-27(30(2,3)4)44-36(43-20)26(18)32(7)13-14-35-17-34(35)12-11-23(42-28-25(39)24(38)19(37)16-41-28)31(5,6)21(34)9-10-22(35)33(32,8)29(36)40/h18-29,37-40H,9-17H2,1-8H3. The molecule has 250 valence electrons. The minimum atomic E-state index is -1.27. The second-order valence-electron chi connectivity index (χ2n) is 19.0. The second-order valence-corrected chi connectivity index (χ2v) is 19.0. The van der Waals surface area contributed by atoms with Crippen LogP contribution in [0.3, 0.4) is 0 Å². The molecule has 8 nitrogen and oxygen atoms in total. The van der Waals surface area contributed by atoms with Crippen LogP contribution in [0.1, 0.15) is 107 Å². The molecule has 3 spiro atoms. The topological polar surface area (TPSA) is 118 Å². The number of ether oxygens (including phenoxy) is 4. The zero-order valence-corrected chi connectivity index (χ0v) is 28.2. The number of hydrogen-bond donors (Lipinski definition) is 4. The Balaban J connectivity index is 1.10. The van der Waals surface area contributed by atoms with Gasteiger partial charge in [0.25, 0.3) is 0 Å². The summed E-state index contributed by atoms with van der Waals surface area (Å²) in [6, 6.07) is 0. The van der Waals surface area contributed by atoms with E-state index in [-0.39, 0.29) is 63.3 Å². The van der Waals surface area contributed by atoms with Crippen LogP contribution in [0.4, 0.5) is 0 Å². The van der Waals surface area contributed by atoms with E-state index in [1.54, 1.807) is 0 Å². The summed E-state index contributed by atoms with van der Waals surface area (Å²) >= 11 is 0. The van der Waals surface area contributed by atoms with Gasteiger partial charge in [-0.3, -0.25) is 0 Å². The highest BCUT2D eigenvalue weighted by molar-refractivity contribution is 5.34. The minimum absolute atomic E-state index is 0.0129. The van der Waals surface area contributed by atoms with Gasteiger partial charge < -0.3 is 39.4 Å². The van der Waals surface area contributed by atoms with Gasteiger partial charge in [0, 0.05) is 11.3 Å². The van der Waals surface area contributed by atoms with Gasteiger partial charge in [0.15, 0.2) is 12.1 Å². The molecule has 17 atom stereocenters. The fourth-order valence-corrected chi connectivity index (χ4v) is 14.1. The Hall–Kier alpha value is -0.320. The zero-order valence-electron chi connectivity index (χ0n) is 28.2. The first kappa shape index (κ1) is 31.0. The number of aliphatic hydroxyl groups is 4. The molecular weight excluding hydrogens is 560 g/mol. The molecule has 4 N–H and O–H groups in total. The lowest BCUT2D eigenvalue weighted by Gasteiger charge is -2.63. The van der Waals surface area contributed by atoms with Crippen LogP contribution in [0.25, 0.3) is 0 Å². The highest BCUT2D eigenvalue weighted by Gasteiger charge is 2.88. The van der Waals surface area contributed by atoms with Crippen molar-refractivity contribution < 1.29 is 39.4 Å². The van der Waals surface area contributed by atoms with Crippen molar-refractivity contribution in [3.8, 4) is 0 Å². The predicted molar refractivity (Wildman–Crippen MR) is 162 cm³/mol. The average Bonchev–Trinajstić information content (AvgIpc) is 3.45. The SMILES string of the molecule is CC1CC2OC3(OC2C(C)(C)C)C1C1(C)CCC24CC25CCC(OC2OCC(O)C(O)C2O)C(C)(C)C5CCC4C1(C)C3O. The molecule has 0 amide bonds. The normalized spacial score (nSPS) is 62.2. The molecule has 3 aliphatic heterocycles. The van der Waals surface area contributed by atoms with Crippen molar-refractivity contribution in [1.29, 1.82) is 0 Å². The molecule has 17 unspecified atom stereocenters. The molecular formula is C36H58O8. The number of hydrogen-bond acceptors (Lipinski definition) is 8. The van der Waals surface area contributed by atoms with Crippen molar-refractivity contribution in [1.82, 2.24) is 0 Å². The minimum Gasteiger partial charge on any atom is -0.388 e. The van der Waals surface area contributed by atoms with Crippen LogP contribution in [0, 0.1) is 56.2 Å². The van der Waals surface area contributed by atoms with Crippen LogP contribution in [0.15, 0.2) is 0 Å². The lowest BCUT2D eigenvalue weighted by Crippen LogP contribution is -2.61. The molecule has 44 heavy (non-hydrogen) atoms. The molecule has 5 aliphatic carbocycles. The summed E-state index contributed by atoms with van der Waals surface area (Å²) in [5, 5.41) is 43.6. The van der Waals surface area contributed by atoms with E-state index in [1.165, 1.54) is 12.8 Å². The average molecular weight is 619 g/mol. The summed E-state index contributed by atoms with van der Waals surface area (Å²) in [5.41, 5.74) is -0.112. The van der Waals surface area contributed by atoms with Gasteiger partial charge in [-0.15, -0.1) is 0 Å². The molecule has 3 saturated heterocycles. The summed E-state index contributed by atoms with van der Waals surface area (Å²) in [7, 11) is 0. The Kier molecular flexibility index (Phi) is 6.35. The number of aliphatic hydroxyl groups excluding tert-OH is 4. The Labute approximate surface area is 263 Å². The highest BCUT2D eigenvalue weighted by Crippen LogP contribution is 2.90. The summed E-state index contributed by atoms with van der Waals surface area (Å²) in [6.45, 7) is 18.6. The van der Waals surface area contributed by atoms with Gasteiger partial charge in [0.05, 0.1) is 24.9 Å². The van der Waals surface area contributed by atoms with E-state index in [0.29, 0.717) is 17.8 Å². The van der Waals surface area contributed by atoms with Crippen LogP contribution in [0.2, 0.25) is 0 Å². The van der Waals surface area contributed by atoms with E-state index in [0.717, 1.165) is 38.5 Å². The maximum Gasteiger partial charge on any atom is 0.199 e. The molecule has 2 bridgehead atoms. The van der Waals surface area contributed by atoms with Gasteiger partial charge in [0.1, 0.15) is 24.4 Å². The Morgan fingerprint density at radius 2 is 1.50 bits per heavy atom. The van der Waals surface area contributed by atoms with Crippen molar-refractivity contribution in [2.24, 2.45) is 56.2 Å². The Bertz CT molecular complexity index is 1200. The van der Waals surface area contributed by atoms with Gasteiger partial charge >= 0.3 is 0 Å². The van der Waals surface area contributed by atoms with Crippen molar-refractivity contribution in [2.75, 3.05) is 6.61 Å². The number of fused-ring (bicyclic) bond motifs is 4. The van der Waals surface area contributed by atoms with Crippen molar-refractivity contribution in [3.63, 3.8) is 0 Å². The first-order chi connectivity index (χ1) is 20.4. The fraction of sp³-hybridized carbons (Fsp3) is 1.00. The third kappa shape index (κ3) is 3.39. The molecule has 8 aliphatic rings. The smallest absolute Gasteiger partial charge is 0.199 e. The highest BCUT2D eigenvalue weighted by atomic mass is 16.8. The third-order valence-electron chi connectivity index (χ3n) is 16.0. The van der Waals surface area contributed by atoms with Crippen LogP contribution >= 0.6 is 0 Å². The molecule has 8 fully saturated rings. The molecule has 0 radical (unpaired) electrons. The Morgan fingerprint density at radius 1 is 0.818 bits per heavy atom. The molecule has 8 rings (SSSR count).